The highest BCUT2D eigenvalue weighted by Crippen LogP contribution is 2.22. The van der Waals surface area contributed by atoms with Gasteiger partial charge in [-0.15, -0.1) is 0 Å². The van der Waals surface area contributed by atoms with E-state index in [1.807, 2.05) is 32.3 Å². The third-order valence-corrected chi connectivity index (χ3v) is 3.14. The van der Waals surface area contributed by atoms with Crippen LogP contribution in [0.5, 0.6) is 0 Å². The van der Waals surface area contributed by atoms with Crippen molar-refractivity contribution < 1.29 is 0 Å². The van der Waals surface area contributed by atoms with Gasteiger partial charge in [-0.05, 0) is 23.8 Å². The molecule has 0 saturated carbocycles. The molecule has 0 radical (unpaired) electrons. The quantitative estimate of drug-likeness (QED) is 0.667. The van der Waals surface area contributed by atoms with Gasteiger partial charge in [0.2, 0.25) is 0 Å². The van der Waals surface area contributed by atoms with Gasteiger partial charge in [0, 0.05) is 23.0 Å². The average Bonchev–Trinajstić information content (AvgIpc) is 2.18. The molecular weight excluding hydrogens is 322 g/mol. The molecule has 0 spiro atoms. The molecule has 0 aliphatic heterocycles. The van der Waals surface area contributed by atoms with Crippen LogP contribution in [0.25, 0.3) is 0 Å². The fraction of sp³-hybridized carbons (Fsp3) is 0.300. The van der Waals surface area contributed by atoms with Crippen molar-refractivity contribution >= 4 is 37.8 Å². The van der Waals surface area contributed by atoms with E-state index in [-0.39, 0.29) is 0 Å². The summed E-state index contributed by atoms with van der Waals surface area (Å²) in [6, 6.07) is 5.99. The maximum atomic E-state index is 5.70. The Kier molecular flexibility index (Phi) is 4.60. The van der Waals surface area contributed by atoms with E-state index in [0.29, 0.717) is 12.5 Å². The summed E-state index contributed by atoms with van der Waals surface area (Å²) >= 11 is 6.89. The fourth-order valence-electron chi connectivity index (χ4n) is 0.972. The minimum atomic E-state index is 0.530. The van der Waals surface area contributed by atoms with Gasteiger partial charge in [0.25, 0.3) is 0 Å². The Labute approximate surface area is 107 Å². The van der Waals surface area contributed by atoms with E-state index in [9.17, 15) is 0 Å². The van der Waals surface area contributed by atoms with Crippen LogP contribution in [-0.2, 0) is 6.54 Å². The number of rotatable bonds is 2. The van der Waals surface area contributed by atoms with Crippen molar-refractivity contribution in [3.63, 3.8) is 0 Å². The van der Waals surface area contributed by atoms with E-state index < -0.39 is 0 Å². The van der Waals surface area contributed by atoms with Gasteiger partial charge in [-0.25, -0.2) is 4.99 Å². The molecule has 0 atom stereocenters. The van der Waals surface area contributed by atoms with Gasteiger partial charge < -0.3 is 10.6 Å². The van der Waals surface area contributed by atoms with E-state index in [1.54, 1.807) is 4.90 Å². The zero-order valence-corrected chi connectivity index (χ0v) is 11.8. The minimum Gasteiger partial charge on any atom is -0.370 e. The highest BCUT2D eigenvalue weighted by atomic mass is 79.9. The van der Waals surface area contributed by atoms with Crippen molar-refractivity contribution in [2.75, 3.05) is 14.1 Å². The summed E-state index contributed by atoms with van der Waals surface area (Å²) in [5.41, 5.74) is 6.81. The van der Waals surface area contributed by atoms with Gasteiger partial charge in [0.1, 0.15) is 0 Å². The maximum Gasteiger partial charge on any atom is 0.191 e. The number of nitrogens with two attached hydrogens (primary N) is 1. The topological polar surface area (TPSA) is 41.6 Å². The molecule has 15 heavy (non-hydrogen) atoms. The van der Waals surface area contributed by atoms with E-state index in [4.69, 9.17) is 5.73 Å². The molecule has 0 unspecified atom stereocenters. The van der Waals surface area contributed by atoms with Gasteiger partial charge in [-0.2, -0.15) is 0 Å². The van der Waals surface area contributed by atoms with E-state index in [0.717, 1.165) is 14.5 Å². The molecule has 0 fully saturated rings. The van der Waals surface area contributed by atoms with Crippen LogP contribution < -0.4 is 5.73 Å². The molecule has 0 saturated heterocycles. The fourth-order valence-corrected chi connectivity index (χ4v) is 1.75. The van der Waals surface area contributed by atoms with Gasteiger partial charge in [0.15, 0.2) is 5.96 Å². The summed E-state index contributed by atoms with van der Waals surface area (Å²) in [4.78, 5) is 6.05. The summed E-state index contributed by atoms with van der Waals surface area (Å²) in [5.74, 6) is 0.530. The Morgan fingerprint density at radius 3 is 2.67 bits per heavy atom. The predicted octanol–water partition coefficient (Wildman–Crippen LogP) is 2.59. The number of guanidine groups is 1. The molecule has 2 N–H and O–H groups in total. The van der Waals surface area contributed by atoms with Gasteiger partial charge in [0.05, 0.1) is 6.54 Å². The third-order valence-electron chi connectivity index (χ3n) is 1.88. The molecule has 0 aliphatic carbocycles. The molecule has 1 aromatic carbocycles. The summed E-state index contributed by atoms with van der Waals surface area (Å²) in [6.45, 7) is 0.573. The van der Waals surface area contributed by atoms with Crippen molar-refractivity contribution in [2.45, 2.75) is 6.54 Å². The minimum absolute atomic E-state index is 0.530. The Bertz CT molecular complexity index is 375. The van der Waals surface area contributed by atoms with Crippen LogP contribution in [-0.4, -0.2) is 25.0 Å². The SMILES string of the molecule is CN(C)C(N)=NCc1cc(Br)ccc1Br. The van der Waals surface area contributed by atoms with Gasteiger partial charge in [-0.1, -0.05) is 31.9 Å². The molecule has 1 rings (SSSR count). The molecule has 0 heterocycles. The number of hydrogen-bond acceptors (Lipinski definition) is 1. The van der Waals surface area contributed by atoms with E-state index in [1.165, 1.54) is 0 Å². The largest absolute Gasteiger partial charge is 0.370 e. The number of hydrogen-bond donors (Lipinski definition) is 1. The molecule has 5 heteroatoms. The normalized spacial score (nSPS) is 11.6. The molecule has 1 aromatic rings. The first-order chi connectivity index (χ1) is 7.00. The number of halogens is 2. The molecule has 0 aromatic heterocycles. The second kappa shape index (κ2) is 5.51. The first-order valence-corrected chi connectivity index (χ1v) is 6.00. The van der Waals surface area contributed by atoms with E-state index in [2.05, 4.69) is 36.9 Å². The van der Waals surface area contributed by atoms with Crippen LogP contribution in [0, 0.1) is 0 Å². The lowest BCUT2D eigenvalue weighted by Crippen LogP contribution is -2.30. The average molecular weight is 335 g/mol. The van der Waals surface area contributed by atoms with Crippen LogP contribution in [0.4, 0.5) is 0 Å². The standard InChI is InChI=1S/C10H13Br2N3/c1-15(2)10(13)14-6-7-5-8(11)3-4-9(7)12/h3-5H,6H2,1-2H3,(H2,13,14). The highest BCUT2D eigenvalue weighted by molar-refractivity contribution is 9.11. The van der Waals surface area contributed by atoms with Gasteiger partial charge >= 0.3 is 0 Å². The lowest BCUT2D eigenvalue weighted by atomic mass is 10.2. The monoisotopic (exact) mass is 333 g/mol. The molecule has 0 aliphatic rings. The summed E-state index contributed by atoms with van der Waals surface area (Å²) in [5, 5.41) is 0. The Morgan fingerprint density at radius 1 is 1.40 bits per heavy atom. The number of aliphatic imine (C=N–C) groups is 1. The first-order valence-electron chi connectivity index (χ1n) is 4.42. The summed E-state index contributed by atoms with van der Waals surface area (Å²) < 4.78 is 2.08. The summed E-state index contributed by atoms with van der Waals surface area (Å²) in [6.07, 6.45) is 0. The Morgan fingerprint density at radius 2 is 2.07 bits per heavy atom. The molecule has 0 bridgehead atoms. The van der Waals surface area contributed by atoms with Crippen LogP contribution in [0.1, 0.15) is 5.56 Å². The van der Waals surface area contributed by atoms with Crippen molar-refractivity contribution in [3.8, 4) is 0 Å². The van der Waals surface area contributed by atoms with Crippen molar-refractivity contribution in [1.82, 2.24) is 4.90 Å². The number of nitrogens with zero attached hydrogens (tertiary/aromatic N) is 2. The van der Waals surface area contributed by atoms with Crippen LogP contribution in [0.15, 0.2) is 32.1 Å². The van der Waals surface area contributed by atoms with Crippen molar-refractivity contribution in [3.05, 3.63) is 32.7 Å². The van der Waals surface area contributed by atoms with Crippen LogP contribution >= 0.6 is 31.9 Å². The smallest absolute Gasteiger partial charge is 0.191 e. The van der Waals surface area contributed by atoms with Crippen LogP contribution in [0.3, 0.4) is 0 Å². The zero-order chi connectivity index (χ0) is 11.4. The third kappa shape index (κ3) is 3.83. The first kappa shape index (κ1) is 12.5. The lowest BCUT2D eigenvalue weighted by Gasteiger charge is -2.10. The predicted molar refractivity (Wildman–Crippen MR) is 70.9 cm³/mol. The molecule has 3 nitrogen and oxygen atoms in total. The van der Waals surface area contributed by atoms with Crippen molar-refractivity contribution in [2.24, 2.45) is 10.7 Å². The second-order valence-electron chi connectivity index (χ2n) is 3.30. The lowest BCUT2D eigenvalue weighted by molar-refractivity contribution is 0.609. The van der Waals surface area contributed by atoms with Crippen molar-refractivity contribution in [1.29, 1.82) is 0 Å². The molecular formula is C10H13Br2N3. The van der Waals surface area contributed by atoms with Crippen LogP contribution in [0.2, 0.25) is 0 Å². The Hall–Kier alpha value is -0.550. The zero-order valence-electron chi connectivity index (χ0n) is 8.67. The highest BCUT2D eigenvalue weighted by Gasteiger charge is 2.00. The molecule has 0 amide bonds. The second-order valence-corrected chi connectivity index (χ2v) is 5.07. The summed E-state index contributed by atoms with van der Waals surface area (Å²) in [7, 11) is 3.74. The molecule has 82 valence electrons. The Balaban J connectivity index is 2.81. The van der Waals surface area contributed by atoms with Gasteiger partial charge in [-0.3, -0.25) is 0 Å². The van der Waals surface area contributed by atoms with E-state index >= 15 is 0 Å². The number of benzene rings is 1. The maximum absolute atomic E-state index is 5.70.